The molecule has 0 N–H and O–H groups in total. The number of benzene rings is 1. The second-order valence-corrected chi connectivity index (χ2v) is 7.11. The molecule has 0 aromatic heterocycles. The van der Waals surface area contributed by atoms with Crippen molar-refractivity contribution < 1.29 is 4.39 Å². The van der Waals surface area contributed by atoms with Crippen molar-refractivity contribution in [1.82, 2.24) is 9.80 Å². The summed E-state index contributed by atoms with van der Waals surface area (Å²) in [6.07, 6.45) is 6.66. The molecule has 116 valence electrons. The second-order valence-electron chi connectivity index (χ2n) is 6.32. The summed E-state index contributed by atoms with van der Waals surface area (Å²) in [5.41, 5.74) is 1.06. The summed E-state index contributed by atoms with van der Waals surface area (Å²) < 4.78 is 14.2. The second kappa shape index (κ2) is 7.21. The van der Waals surface area contributed by atoms with Gasteiger partial charge in [0.25, 0.3) is 0 Å². The van der Waals surface area contributed by atoms with Gasteiger partial charge in [0, 0.05) is 12.6 Å². The van der Waals surface area contributed by atoms with Crippen molar-refractivity contribution in [2.45, 2.75) is 44.7 Å². The van der Waals surface area contributed by atoms with Crippen LogP contribution in [0.2, 0.25) is 0 Å². The van der Waals surface area contributed by atoms with E-state index in [-0.39, 0.29) is 5.82 Å². The minimum Gasteiger partial charge on any atom is -0.300 e. The first-order valence-corrected chi connectivity index (χ1v) is 8.92. The average molecular weight is 355 g/mol. The summed E-state index contributed by atoms with van der Waals surface area (Å²) in [4.78, 5) is 5.15. The molecule has 21 heavy (non-hydrogen) atoms. The van der Waals surface area contributed by atoms with Crippen LogP contribution in [-0.4, -0.2) is 42.0 Å². The molecule has 0 saturated carbocycles. The van der Waals surface area contributed by atoms with Crippen molar-refractivity contribution in [1.29, 1.82) is 0 Å². The Morgan fingerprint density at radius 2 is 1.76 bits per heavy atom. The molecule has 1 aromatic rings. The normalized spacial score (nSPS) is 22.6. The Balaban J connectivity index is 1.52. The molecule has 0 amide bonds. The van der Waals surface area contributed by atoms with Crippen LogP contribution >= 0.6 is 15.9 Å². The van der Waals surface area contributed by atoms with E-state index in [1.165, 1.54) is 51.3 Å². The molecule has 0 aliphatic carbocycles. The van der Waals surface area contributed by atoms with Gasteiger partial charge >= 0.3 is 0 Å². The number of hydrogen-bond acceptors (Lipinski definition) is 2. The first-order valence-electron chi connectivity index (χ1n) is 8.13. The predicted octanol–water partition coefficient (Wildman–Crippen LogP) is 4.04. The van der Waals surface area contributed by atoms with Crippen molar-refractivity contribution in [3.05, 3.63) is 34.1 Å². The minimum absolute atomic E-state index is 0.157. The van der Waals surface area contributed by atoms with Crippen LogP contribution in [0.5, 0.6) is 0 Å². The van der Waals surface area contributed by atoms with Gasteiger partial charge in [-0.1, -0.05) is 18.6 Å². The van der Waals surface area contributed by atoms with Gasteiger partial charge in [-0.15, -0.1) is 0 Å². The summed E-state index contributed by atoms with van der Waals surface area (Å²) in [5.74, 6) is -0.157. The minimum atomic E-state index is -0.157. The van der Waals surface area contributed by atoms with Crippen LogP contribution in [0.3, 0.4) is 0 Å². The van der Waals surface area contributed by atoms with Gasteiger partial charge in [0.1, 0.15) is 5.82 Å². The maximum Gasteiger partial charge on any atom is 0.137 e. The van der Waals surface area contributed by atoms with Crippen LogP contribution in [0, 0.1) is 5.82 Å². The Morgan fingerprint density at radius 3 is 2.48 bits per heavy atom. The van der Waals surface area contributed by atoms with E-state index in [0.717, 1.165) is 31.2 Å². The Morgan fingerprint density at radius 1 is 1.05 bits per heavy atom. The van der Waals surface area contributed by atoms with E-state index in [2.05, 4.69) is 25.7 Å². The van der Waals surface area contributed by atoms with Crippen molar-refractivity contribution in [3.8, 4) is 0 Å². The lowest BCUT2D eigenvalue weighted by molar-refractivity contribution is 0.0895. The maximum atomic E-state index is 13.6. The summed E-state index contributed by atoms with van der Waals surface area (Å²) in [5, 5.41) is 0. The summed E-state index contributed by atoms with van der Waals surface area (Å²) >= 11 is 3.37. The number of rotatable bonds is 3. The highest BCUT2D eigenvalue weighted by molar-refractivity contribution is 9.10. The lowest BCUT2D eigenvalue weighted by Crippen LogP contribution is -2.46. The van der Waals surface area contributed by atoms with Gasteiger partial charge in [0.2, 0.25) is 0 Å². The highest BCUT2D eigenvalue weighted by Gasteiger charge is 2.25. The van der Waals surface area contributed by atoms with Gasteiger partial charge in [0.15, 0.2) is 0 Å². The Kier molecular flexibility index (Phi) is 5.30. The average Bonchev–Trinajstić information content (AvgIpc) is 2.53. The third-order valence-corrected chi connectivity index (χ3v) is 5.78. The van der Waals surface area contributed by atoms with Gasteiger partial charge in [-0.2, -0.15) is 0 Å². The summed E-state index contributed by atoms with van der Waals surface area (Å²) in [6.45, 7) is 5.69. The standard InChI is InChI=1S/C17H24BrFN2/c18-17-14(5-4-6-16(17)19)13-20-11-7-15(8-12-20)21-9-2-1-3-10-21/h4-6,15H,1-3,7-13H2. The highest BCUT2D eigenvalue weighted by atomic mass is 79.9. The Bertz CT molecular complexity index is 466. The van der Waals surface area contributed by atoms with E-state index in [1.807, 2.05) is 6.07 Å². The molecule has 2 aliphatic rings. The number of halogens is 2. The number of nitrogens with zero attached hydrogens (tertiary/aromatic N) is 2. The zero-order chi connectivity index (χ0) is 14.7. The molecule has 2 fully saturated rings. The van der Waals surface area contributed by atoms with Gasteiger partial charge in [-0.3, -0.25) is 4.90 Å². The van der Waals surface area contributed by atoms with Crippen molar-refractivity contribution in [2.24, 2.45) is 0 Å². The van der Waals surface area contributed by atoms with Crippen molar-refractivity contribution in [2.75, 3.05) is 26.2 Å². The lowest BCUT2D eigenvalue weighted by atomic mass is 9.99. The fourth-order valence-corrected chi connectivity index (χ4v) is 4.03. The van der Waals surface area contributed by atoms with Gasteiger partial charge in [0.05, 0.1) is 4.47 Å². The van der Waals surface area contributed by atoms with Crippen LogP contribution in [-0.2, 0) is 6.54 Å². The molecular weight excluding hydrogens is 331 g/mol. The SMILES string of the molecule is Fc1cccc(CN2CCC(N3CCCCC3)CC2)c1Br. The molecule has 2 aliphatic heterocycles. The smallest absolute Gasteiger partial charge is 0.137 e. The highest BCUT2D eigenvalue weighted by Crippen LogP contribution is 2.25. The molecule has 0 spiro atoms. The van der Waals surface area contributed by atoms with Crippen LogP contribution < -0.4 is 0 Å². The van der Waals surface area contributed by atoms with Crippen LogP contribution in [0.25, 0.3) is 0 Å². The molecule has 0 atom stereocenters. The zero-order valence-corrected chi connectivity index (χ0v) is 14.1. The number of likely N-dealkylation sites (tertiary alicyclic amines) is 2. The van der Waals surface area contributed by atoms with E-state index < -0.39 is 0 Å². The van der Waals surface area contributed by atoms with E-state index in [1.54, 1.807) is 6.07 Å². The molecule has 0 radical (unpaired) electrons. The molecule has 2 nitrogen and oxygen atoms in total. The van der Waals surface area contributed by atoms with Crippen LogP contribution in [0.1, 0.15) is 37.7 Å². The third-order valence-electron chi connectivity index (χ3n) is 4.89. The first-order chi connectivity index (χ1) is 10.2. The quantitative estimate of drug-likeness (QED) is 0.808. The molecule has 2 saturated heterocycles. The molecule has 0 bridgehead atoms. The summed E-state index contributed by atoms with van der Waals surface area (Å²) in [7, 11) is 0. The third kappa shape index (κ3) is 3.85. The summed E-state index contributed by atoms with van der Waals surface area (Å²) in [6, 6.07) is 6.10. The molecule has 0 unspecified atom stereocenters. The first kappa shape index (κ1) is 15.4. The van der Waals surface area contributed by atoms with E-state index >= 15 is 0 Å². The molecule has 2 heterocycles. The largest absolute Gasteiger partial charge is 0.300 e. The van der Waals surface area contributed by atoms with Crippen LogP contribution in [0.15, 0.2) is 22.7 Å². The lowest BCUT2D eigenvalue weighted by Gasteiger charge is -2.40. The van der Waals surface area contributed by atoms with E-state index in [9.17, 15) is 4.39 Å². The number of hydrogen-bond donors (Lipinski definition) is 0. The van der Waals surface area contributed by atoms with E-state index in [0.29, 0.717) is 4.47 Å². The fourth-order valence-electron chi connectivity index (χ4n) is 3.64. The van der Waals surface area contributed by atoms with Gasteiger partial charge in [-0.05, 0) is 79.4 Å². The van der Waals surface area contributed by atoms with Crippen LogP contribution in [0.4, 0.5) is 4.39 Å². The molecular formula is C17H24BrFN2. The Hall–Kier alpha value is -0.450. The monoisotopic (exact) mass is 354 g/mol. The van der Waals surface area contributed by atoms with Crippen molar-refractivity contribution >= 4 is 15.9 Å². The molecule has 3 rings (SSSR count). The predicted molar refractivity (Wildman–Crippen MR) is 87.8 cm³/mol. The fraction of sp³-hybridized carbons (Fsp3) is 0.647. The zero-order valence-electron chi connectivity index (χ0n) is 12.5. The number of piperidine rings is 2. The van der Waals surface area contributed by atoms with Gasteiger partial charge in [-0.25, -0.2) is 4.39 Å². The van der Waals surface area contributed by atoms with E-state index in [4.69, 9.17) is 0 Å². The Labute approximate surface area is 135 Å². The molecule has 4 heteroatoms. The topological polar surface area (TPSA) is 6.48 Å². The molecule has 1 aromatic carbocycles. The maximum absolute atomic E-state index is 13.6. The van der Waals surface area contributed by atoms with Crippen molar-refractivity contribution in [3.63, 3.8) is 0 Å². The van der Waals surface area contributed by atoms with Gasteiger partial charge < -0.3 is 4.90 Å².